The average molecular weight is 708 g/mol. The summed E-state index contributed by atoms with van der Waals surface area (Å²) in [7, 11) is 7.21. The predicted molar refractivity (Wildman–Crippen MR) is 189 cm³/mol. The van der Waals surface area contributed by atoms with Gasteiger partial charge in [0.2, 0.25) is 0 Å². The van der Waals surface area contributed by atoms with Crippen LogP contribution >= 0.6 is 46.4 Å². The Bertz CT molecular complexity index is 1850. The zero-order chi connectivity index (χ0) is 33.6. The molecule has 2 unspecified atom stereocenters. The van der Waals surface area contributed by atoms with Gasteiger partial charge < -0.3 is 25.2 Å². The molecule has 2 aliphatic rings. The van der Waals surface area contributed by atoms with Crippen molar-refractivity contribution in [2.24, 2.45) is 0 Å². The number of carbonyl (C=O) groups excluding carboxylic acids is 2. The molecule has 7 nitrogen and oxygen atoms in total. The lowest BCUT2D eigenvalue weighted by atomic mass is 9.94. The molecule has 0 bridgehead atoms. The number of fused-ring (bicyclic) bond motifs is 2. The normalized spacial score (nSPS) is 18.1. The maximum atomic E-state index is 14.3. The molecule has 0 fully saturated rings. The summed E-state index contributed by atoms with van der Waals surface area (Å²) in [5.41, 5.74) is 4.28. The zero-order valence-electron chi connectivity index (χ0n) is 25.9. The summed E-state index contributed by atoms with van der Waals surface area (Å²) < 4.78 is 7.09. The fourth-order valence-corrected chi connectivity index (χ4v) is 6.82. The molecule has 0 saturated carbocycles. The first kappa shape index (κ1) is 32.9. The lowest BCUT2D eigenvalue weighted by Crippen LogP contribution is -2.37. The van der Waals surface area contributed by atoms with Crippen LogP contribution < -0.4 is 10.6 Å². The molecule has 0 spiro atoms. The second-order valence-electron chi connectivity index (χ2n) is 11.1. The largest absolute Gasteiger partial charge is 0.374 e. The summed E-state index contributed by atoms with van der Waals surface area (Å²) in [6.45, 7) is 0. The van der Waals surface area contributed by atoms with Crippen LogP contribution in [0.2, 0.25) is 20.1 Å². The van der Waals surface area contributed by atoms with E-state index in [1.807, 2.05) is 60.3 Å². The minimum absolute atomic E-state index is 0.205. The Labute approximate surface area is 293 Å². The molecular formula is C36H30Cl4N4O3. The van der Waals surface area contributed by atoms with Crippen LogP contribution in [0.25, 0.3) is 11.1 Å². The van der Waals surface area contributed by atoms with E-state index in [9.17, 15) is 9.59 Å². The number of benzene rings is 4. The van der Waals surface area contributed by atoms with Crippen LogP contribution in [-0.2, 0) is 4.74 Å². The number of nitrogens with zero attached hydrogens (tertiary/aromatic N) is 2. The molecule has 2 atom stereocenters. The van der Waals surface area contributed by atoms with Crippen molar-refractivity contribution in [1.29, 1.82) is 0 Å². The van der Waals surface area contributed by atoms with Crippen LogP contribution in [0.3, 0.4) is 0 Å². The maximum Gasteiger partial charge on any atom is 0.197 e. The van der Waals surface area contributed by atoms with E-state index in [2.05, 4.69) is 10.6 Å². The molecule has 4 aromatic carbocycles. The van der Waals surface area contributed by atoms with Crippen molar-refractivity contribution in [1.82, 2.24) is 20.4 Å². The third-order valence-corrected chi connectivity index (χ3v) is 9.91. The molecule has 0 saturated heterocycles. The van der Waals surface area contributed by atoms with Gasteiger partial charge in [-0.25, -0.2) is 0 Å². The van der Waals surface area contributed by atoms with Crippen molar-refractivity contribution in [2.75, 3.05) is 28.2 Å². The molecule has 2 aliphatic heterocycles. The standard InChI is InChI=1S/C36H30Cl4N4O3/c1-41-33-29(19-13-15-25(37)27(39)17-19)31(45)21-9-5-7-11-23(21)35(43(33)3)47-36-24-12-8-6-10-22(24)32(46)30(34(42-2)44(36)4)20-14-16-26(38)28(40)18-20/h5-18,35-36,41-42H,1-4H3. The number of Topliss-reactive ketones (excluding diaryl/α,β-unsaturated/α-hetero) is 2. The number of ketones is 2. The number of allylic oxidation sites excluding steroid dienone is 2. The minimum atomic E-state index is -0.780. The molecule has 0 aliphatic carbocycles. The van der Waals surface area contributed by atoms with Crippen LogP contribution in [0, 0.1) is 0 Å². The molecule has 0 radical (unpaired) electrons. The number of hydrogen-bond donors (Lipinski definition) is 2. The second-order valence-corrected chi connectivity index (χ2v) is 12.7. The average Bonchev–Trinajstić information content (AvgIpc) is 3.22. The highest BCUT2D eigenvalue weighted by molar-refractivity contribution is 6.43. The highest BCUT2D eigenvalue weighted by Gasteiger charge is 2.39. The van der Waals surface area contributed by atoms with Gasteiger partial charge in [0.1, 0.15) is 11.6 Å². The molecule has 4 aromatic rings. The third kappa shape index (κ3) is 5.77. The zero-order valence-corrected chi connectivity index (χ0v) is 28.9. The fraction of sp³-hybridized carbons (Fsp3) is 0.167. The Balaban J connectivity index is 1.54. The molecule has 11 heteroatoms. The first-order valence-corrected chi connectivity index (χ1v) is 16.2. The van der Waals surface area contributed by atoms with Gasteiger partial charge in [-0.15, -0.1) is 0 Å². The molecule has 47 heavy (non-hydrogen) atoms. The number of nitrogens with one attached hydrogen (secondary N) is 2. The summed E-state index contributed by atoms with van der Waals surface area (Å²) >= 11 is 25.3. The fourth-order valence-electron chi connectivity index (χ4n) is 6.22. The predicted octanol–water partition coefficient (Wildman–Crippen LogP) is 8.45. The molecule has 0 amide bonds. The van der Waals surface area contributed by atoms with Crippen molar-refractivity contribution < 1.29 is 14.3 Å². The van der Waals surface area contributed by atoms with Crippen molar-refractivity contribution in [3.63, 3.8) is 0 Å². The van der Waals surface area contributed by atoms with E-state index < -0.39 is 12.5 Å². The van der Waals surface area contributed by atoms with Crippen molar-refractivity contribution >= 4 is 69.1 Å². The molecule has 2 N–H and O–H groups in total. The van der Waals surface area contributed by atoms with Gasteiger partial charge in [0.05, 0.1) is 31.2 Å². The van der Waals surface area contributed by atoms with Gasteiger partial charge in [-0.2, -0.15) is 0 Å². The van der Waals surface area contributed by atoms with E-state index in [1.165, 1.54) is 0 Å². The molecule has 2 heterocycles. The van der Waals surface area contributed by atoms with Crippen LogP contribution in [0.1, 0.15) is 55.4 Å². The van der Waals surface area contributed by atoms with Crippen LogP contribution in [0.15, 0.2) is 96.6 Å². The Morgan fingerprint density at radius 1 is 0.574 bits per heavy atom. The van der Waals surface area contributed by atoms with E-state index in [1.54, 1.807) is 62.6 Å². The second kappa shape index (κ2) is 13.3. The molecule has 240 valence electrons. The van der Waals surface area contributed by atoms with Gasteiger partial charge in [-0.1, -0.05) is 107 Å². The van der Waals surface area contributed by atoms with Crippen LogP contribution in [0.5, 0.6) is 0 Å². The summed E-state index contributed by atoms with van der Waals surface area (Å²) in [4.78, 5) is 32.5. The lowest BCUT2D eigenvalue weighted by Gasteiger charge is -2.38. The highest BCUT2D eigenvalue weighted by atomic mass is 35.5. The van der Waals surface area contributed by atoms with Crippen LogP contribution in [0.4, 0.5) is 0 Å². The van der Waals surface area contributed by atoms with Gasteiger partial charge in [0.15, 0.2) is 24.0 Å². The van der Waals surface area contributed by atoms with Crippen molar-refractivity contribution in [3.05, 3.63) is 150 Å². The van der Waals surface area contributed by atoms with Crippen LogP contribution in [-0.4, -0.2) is 49.6 Å². The number of halogens is 4. The quantitative estimate of drug-likeness (QED) is 0.208. The first-order chi connectivity index (χ1) is 22.6. The van der Waals surface area contributed by atoms with Crippen molar-refractivity contribution in [3.8, 4) is 0 Å². The van der Waals surface area contributed by atoms with E-state index in [4.69, 9.17) is 51.1 Å². The Morgan fingerprint density at radius 3 is 1.32 bits per heavy atom. The maximum absolute atomic E-state index is 14.3. The summed E-state index contributed by atoms with van der Waals surface area (Å²) in [5, 5.41) is 7.90. The lowest BCUT2D eigenvalue weighted by molar-refractivity contribution is -0.135. The van der Waals surface area contributed by atoms with E-state index in [-0.39, 0.29) is 11.6 Å². The Morgan fingerprint density at radius 2 is 0.957 bits per heavy atom. The van der Waals surface area contributed by atoms with Gasteiger partial charge in [-0.3, -0.25) is 9.59 Å². The third-order valence-electron chi connectivity index (χ3n) is 8.43. The Kier molecular flexibility index (Phi) is 9.29. The smallest absolute Gasteiger partial charge is 0.197 e. The van der Waals surface area contributed by atoms with E-state index in [0.29, 0.717) is 76.3 Å². The van der Waals surface area contributed by atoms with Gasteiger partial charge in [0, 0.05) is 50.4 Å². The summed E-state index contributed by atoms with van der Waals surface area (Å²) in [5.74, 6) is 0.639. The highest BCUT2D eigenvalue weighted by Crippen LogP contribution is 2.44. The number of ether oxygens (including phenoxy) is 1. The first-order valence-electron chi connectivity index (χ1n) is 14.7. The molecule has 6 rings (SSSR count). The molecular weight excluding hydrogens is 678 g/mol. The number of hydrogen-bond acceptors (Lipinski definition) is 7. The summed E-state index contributed by atoms with van der Waals surface area (Å²) in [6, 6.07) is 25.0. The Hall–Kier alpha value is -3.98. The van der Waals surface area contributed by atoms with Gasteiger partial charge >= 0.3 is 0 Å². The van der Waals surface area contributed by atoms with Crippen molar-refractivity contribution in [2.45, 2.75) is 12.5 Å². The van der Waals surface area contributed by atoms with Gasteiger partial charge in [0.25, 0.3) is 0 Å². The summed E-state index contributed by atoms with van der Waals surface area (Å²) in [6.07, 6.45) is -1.56. The SMILES string of the molecule is CNC1=C(c2ccc(Cl)c(Cl)c2)C(=O)c2ccccc2C(OC2c3ccccc3C(=O)C(c3ccc(Cl)c(Cl)c3)=C(NC)N2C)N1C. The van der Waals surface area contributed by atoms with E-state index >= 15 is 0 Å². The van der Waals surface area contributed by atoms with E-state index in [0.717, 1.165) is 0 Å². The minimum Gasteiger partial charge on any atom is -0.374 e. The monoisotopic (exact) mass is 706 g/mol. The van der Waals surface area contributed by atoms with Gasteiger partial charge in [-0.05, 0) is 35.4 Å². The number of carbonyl (C=O) groups is 2. The topological polar surface area (TPSA) is 73.9 Å². The molecule has 0 aromatic heterocycles. The number of rotatable bonds is 6.